The quantitative estimate of drug-likeness (QED) is 0.602. The van der Waals surface area contributed by atoms with Crippen LogP contribution >= 0.6 is 0 Å². The van der Waals surface area contributed by atoms with E-state index in [1.807, 2.05) is 11.0 Å². The average molecular weight is 250 g/mol. The molecule has 0 aliphatic heterocycles. The Morgan fingerprint density at radius 3 is 2.33 bits per heavy atom. The van der Waals surface area contributed by atoms with Crippen molar-refractivity contribution < 1.29 is 4.79 Å². The van der Waals surface area contributed by atoms with E-state index in [2.05, 4.69) is 6.58 Å². The van der Waals surface area contributed by atoms with Gasteiger partial charge in [0.2, 0.25) is 5.91 Å². The monoisotopic (exact) mass is 250 g/mol. The van der Waals surface area contributed by atoms with Gasteiger partial charge in [-0.3, -0.25) is 4.79 Å². The Bertz CT molecular complexity index is 302. The molecule has 18 heavy (non-hydrogen) atoms. The van der Waals surface area contributed by atoms with Gasteiger partial charge in [0, 0.05) is 19.1 Å². The van der Waals surface area contributed by atoms with E-state index < -0.39 is 0 Å². The molecule has 0 spiro atoms. The molecule has 2 fully saturated rings. The normalized spacial score (nSPS) is 23.2. The molecule has 0 saturated heterocycles. The Morgan fingerprint density at radius 1 is 1.28 bits per heavy atom. The zero-order valence-electron chi connectivity index (χ0n) is 11.4. The van der Waals surface area contributed by atoms with Crippen molar-refractivity contribution >= 4 is 5.91 Å². The van der Waals surface area contributed by atoms with Crippen molar-refractivity contribution in [1.29, 1.82) is 0 Å². The average Bonchev–Trinajstić information content (AvgIpc) is 3.21. The van der Waals surface area contributed by atoms with Crippen LogP contribution in [0.1, 0.15) is 51.4 Å². The lowest BCUT2D eigenvalue weighted by Crippen LogP contribution is -2.48. The second-order valence-corrected chi connectivity index (χ2v) is 5.88. The molecule has 102 valence electrons. The zero-order valence-corrected chi connectivity index (χ0v) is 11.4. The zero-order chi connectivity index (χ0) is 13.0. The number of hydrogen-bond acceptors (Lipinski definition) is 2. The minimum atomic E-state index is -0.276. The molecule has 2 N–H and O–H groups in total. The van der Waals surface area contributed by atoms with Gasteiger partial charge in [-0.1, -0.05) is 31.8 Å². The van der Waals surface area contributed by atoms with Crippen molar-refractivity contribution in [3.8, 4) is 0 Å². The predicted molar refractivity (Wildman–Crippen MR) is 74.1 cm³/mol. The molecule has 0 aromatic heterocycles. The Kier molecular flexibility index (Phi) is 4.44. The summed E-state index contributed by atoms with van der Waals surface area (Å²) in [6.45, 7) is 4.97. The molecule has 1 amide bonds. The van der Waals surface area contributed by atoms with Gasteiger partial charge < -0.3 is 10.6 Å². The third-order valence-electron chi connectivity index (χ3n) is 4.48. The first kappa shape index (κ1) is 13.6. The maximum absolute atomic E-state index is 12.9. The van der Waals surface area contributed by atoms with E-state index in [0.29, 0.717) is 25.0 Å². The Labute approximate surface area is 110 Å². The van der Waals surface area contributed by atoms with Crippen molar-refractivity contribution in [3.63, 3.8) is 0 Å². The van der Waals surface area contributed by atoms with Crippen molar-refractivity contribution in [2.45, 2.75) is 57.4 Å². The maximum Gasteiger partial charge on any atom is 0.230 e. The van der Waals surface area contributed by atoms with Gasteiger partial charge in [-0.25, -0.2) is 0 Å². The summed E-state index contributed by atoms with van der Waals surface area (Å²) in [4.78, 5) is 14.9. The molecule has 0 aromatic carbocycles. The van der Waals surface area contributed by atoms with Crippen LogP contribution in [0.2, 0.25) is 0 Å². The lowest BCUT2D eigenvalue weighted by molar-refractivity contribution is -0.142. The van der Waals surface area contributed by atoms with E-state index in [1.165, 1.54) is 12.8 Å². The third-order valence-corrected chi connectivity index (χ3v) is 4.48. The van der Waals surface area contributed by atoms with Crippen LogP contribution in [0.3, 0.4) is 0 Å². The lowest BCUT2D eigenvalue weighted by Gasteiger charge is -2.35. The summed E-state index contributed by atoms with van der Waals surface area (Å²) >= 11 is 0. The second kappa shape index (κ2) is 5.87. The minimum absolute atomic E-state index is 0.276. The second-order valence-electron chi connectivity index (χ2n) is 5.88. The summed E-state index contributed by atoms with van der Waals surface area (Å²) in [6, 6.07) is 0.460. The van der Waals surface area contributed by atoms with Crippen molar-refractivity contribution in [2.75, 3.05) is 13.1 Å². The summed E-state index contributed by atoms with van der Waals surface area (Å²) in [7, 11) is 0. The Balaban J connectivity index is 2.12. The highest BCUT2D eigenvalue weighted by molar-refractivity contribution is 5.83. The van der Waals surface area contributed by atoms with E-state index in [1.54, 1.807) is 0 Å². The summed E-state index contributed by atoms with van der Waals surface area (Å²) in [5.74, 6) is 0.300. The molecule has 0 bridgehead atoms. The van der Waals surface area contributed by atoms with Gasteiger partial charge in [-0.2, -0.15) is 0 Å². The minimum Gasteiger partial charge on any atom is -0.335 e. The first-order valence-corrected chi connectivity index (χ1v) is 7.35. The first-order valence-electron chi connectivity index (χ1n) is 7.35. The van der Waals surface area contributed by atoms with Crippen molar-refractivity contribution in [1.82, 2.24) is 4.90 Å². The fraction of sp³-hybridized carbons (Fsp3) is 0.800. The predicted octanol–water partition coefficient (Wildman–Crippen LogP) is 2.46. The van der Waals surface area contributed by atoms with Gasteiger partial charge in [0.25, 0.3) is 0 Å². The molecule has 0 heterocycles. The van der Waals surface area contributed by atoms with E-state index in [-0.39, 0.29) is 5.41 Å². The molecule has 0 aromatic rings. The van der Waals surface area contributed by atoms with Crippen LogP contribution in [0.5, 0.6) is 0 Å². The van der Waals surface area contributed by atoms with Crippen LogP contribution in [0, 0.1) is 5.41 Å². The molecular weight excluding hydrogens is 224 g/mol. The summed E-state index contributed by atoms with van der Waals surface area (Å²) in [5.41, 5.74) is 5.71. The van der Waals surface area contributed by atoms with Crippen LogP contribution < -0.4 is 5.73 Å². The molecule has 2 aliphatic carbocycles. The molecule has 0 atom stereocenters. The number of hydrogen-bond donors (Lipinski definition) is 1. The molecule has 3 nitrogen and oxygen atoms in total. The number of carbonyl (C=O) groups is 1. The van der Waals surface area contributed by atoms with E-state index in [9.17, 15) is 4.79 Å². The molecule has 2 saturated carbocycles. The summed E-state index contributed by atoms with van der Waals surface area (Å²) in [5, 5.41) is 0. The molecule has 2 rings (SSSR count). The fourth-order valence-corrected chi connectivity index (χ4v) is 3.14. The smallest absolute Gasteiger partial charge is 0.230 e. The third kappa shape index (κ3) is 2.77. The number of rotatable bonds is 5. The largest absolute Gasteiger partial charge is 0.335 e. The van der Waals surface area contributed by atoms with Gasteiger partial charge in [0.15, 0.2) is 0 Å². The van der Waals surface area contributed by atoms with Crippen LogP contribution in [0.15, 0.2) is 12.7 Å². The Hall–Kier alpha value is -0.830. The van der Waals surface area contributed by atoms with Gasteiger partial charge in [0.1, 0.15) is 0 Å². The first-order chi connectivity index (χ1) is 8.73. The topological polar surface area (TPSA) is 46.3 Å². The maximum atomic E-state index is 12.9. The van der Waals surface area contributed by atoms with Crippen LogP contribution in [-0.4, -0.2) is 29.9 Å². The van der Waals surface area contributed by atoms with Crippen LogP contribution in [0.4, 0.5) is 0 Å². The fourth-order valence-electron chi connectivity index (χ4n) is 3.14. The van der Waals surface area contributed by atoms with Gasteiger partial charge in [0.05, 0.1) is 5.41 Å². The molecule has 2 aliphatic rings. The Morgan fingerprint density at radius 2 is 1.89 bits per heavy atom. The summed E-state index contributed by atoms with van der Waals surface area (Å²) in [6.07, 6.45) is 10.9. The number of amides is 1. The molecular formula is C15H26N2O. The van der Waals surface area contributed by atoms with E-state index in [0.717, 1.165) is 38.5 Å². The van der Waals surface area contributed by atoms with E-state index >= 15 is 0 Å². The highest BCUT2D eigenvalue weighted by Gasteiger charge is 2.43. The molecule has 0 radical (unpaired) electrons. The number of nitrogens with zero attached hydrogens (tertiary/aromatic N) is 1. The van der Waals surface area contributed by atoms with E-state index in [4.69, 9.17) is 5.73 Å². The number of carbonyl (C=O) groups excluding carboxylic acids is 1. The van der Waals surface area contributed by atoms with Crippen molar-refractivity contribution in [3.05, 3.63) is 12.7 Å². The van der Waals surface area contributed by atoms with Crippen LogP contribution in [0.25, 0.3) is 0 Å². The van der Waals surface area contributed by atoms with Crippen LogP contribution in [-0.2, 0) is 4.79 Å². The van der Waals surface area contributed by atoms with Crippen molar-refractivity contribution in [2.24, 2.45) is 11.1 Å². The standard InChI is InChI=1S/C15H26N2O/c1-2-11-17(13-7-8-13)14(18)15(12-16)9-5-3-4-6-10-15/h2,13H,1,3-12,16H2. The highest BCUT2D eigenvalue weighted by atomic mass is 16.2. The summed E-state index contributed by atoms with van der Waals surface area (Å²) < 4.78 is 0. The highest BCUT2D eigenvalue weighted by Crippen LogP contribution is 2.39. The number of nitrogens with two attached hydrogens (primary N) is 1. The SMILES string of the molecule is C=CCN(C(=O)C1(CN)CCCCCC1)C1CC1. The molecule has 0 unspecified atom stereocenters. The molecule has 3 heteroatoms. The van der Waals surface area contributed by atoms with Gasteiger partial charge >= 0.3 is 0 Å². The van der Waals surface area contributed by atoms with Gasteiger partial charge in [-0.05, 0) is 25.7 Å². The van der Waals surface area contributed by atoms with Gasteiger partial charge in [-0.15, -0.1) is 6.58 Å². The lowest BCUT2D eigenvalue weighted by atomic mass is 9.79.